The van der Waals surface area contributed by atoms with E-state index in [9.17, 15) is 5.11 Å². The third-order valence-corrected chi connectivity index (χ3v) is 2.48. The van der Waals surface area contributed by atoms with Gasteiger partial charge in [0.1, 0.15) is 5.75 Å². The third kappa shape index (κ3) is 2.01. The first-order chi connectivity index (χ1) is 7.68. The molecule has 2 aromatic rings. The van der Waals surface area contributed by atoms with Crippen molar-refractivity contribution in [3.8, 4) is 16.9 Å². The lowest BCUT2D eigenvalue weighted by Crippen LogP contribution is -2.09. The number of benzene rings is 2. The van der Waals surface area contributed by atoms with E-state index in [4.69, 9.17) is 0 Å². The minimum absolute atomic E-state index is 0.287. The second kappa shape index (κ2) is 4.27. The van der Waals surface area contributed by atoms with Crippen molar-refractivity contribution >= 4 is 5.69 Å². The van der Waals surface area contributed by atoms with E-state index in [0.29, 0.717) is 0 Å². The van der Waals surface area contributed by atoms with Crippen LogP contribution in [0.1, 0.15) is 0 Å². The molecular formula is C14H14NO. The number of rotatable bonds is 2. The molecule has 0 saturated carbocycles. The number of phenolic OH excluding ortho intramolecular Hbond substituents is 1. The average Bonchev–Trinajstić information content (AvgIpc) is 2.29. The molecule has 16 heavy (non-hydrogen) atoms. The van der Waals surface area contributed by atoms with E-state index in [1.54, 1.807) is 12.1 Å². The van der Waals surface area contributed by atoms with E-state index < -0.39 is 0 Å². The Hall–Kier alpha value is -1.96. The highest BCUT2D eigenvalue weighted by Gasteiger charge is 2.06. The van der Waals surface area contributed by atoms with E-state index >= 15 is 0 Å². The number of phenols is 1. The molecule has 1 radical (unpaired) electrons. The fraction of sp³-hybridized carbons (Fsp3) is 0.143. The summed E-state index contributed by atoms with van der Waals surface area (Å²) in [7, 11) is 3.99. The number of nitrogens with zero attached hydrogens (tertiary/aromatic N) is 1. The van der Waals surface area contributed by atoms with Crippen LogP contribution in [0.5, 0.6) is 5.75 Å². The first-order valence-electron chi connectivity index (χ1n) is 5.15. The second-order valence-electron chi connectivity index (χ2n) is 3.89. The molecule has 0 heterocycles. The SMILES string of the molecule is CN(C)c1c[c]ccc1-c1cccc(O)c1. The van der Waals surface area contributed by atoms with Crippen LogP contribution < -0.4 is 4.90 Å². The summed E-state index contributed by atoms with van der Waals surface area (Å²) in [6, 6.07) is 16.2. The molecule has 2 rings (SSSR count). The zero-order valence-electron chi connectivity index (χ0n) is 9.44. The summed E-state index contributed by atoms with van der Waals surface area (Å²) in [4.78, 5) is 2.04. The highest BCUT2D eigenvalue weighted by atomic mass is 16.3. The van der Waals surface area contributed by atoms with Gasteiger partial charge in [-0.25, -0.2) is 0 Å². The molecule has 1 N–H and O–H groups in total. The van der Waals surface area contributed by atoms with Crippen molar-refractivity contribution < 1.29 is 5.11 Å². The highest BCUT2D eigenvalue weighted by Crippen LogP contribution is 2.30. The molecule has 0 aliphatic carbocycles. The fourth-order valence-corrected chi connectivity index (χ4v) is 1.71. The van der Waals surface area contributed by atoms with Crippen LogP contribution in [0.3, 0.4) is 0 Å². The smallest absolute Gasteiger partial charge is 0.116 e. The lowest BCUT2D eigenvalue weighted by atomic mass is 10.0. The first-order valence-corrected chi connectivity index (χ1v) is 5.15. The Morgan fingerprint density at radius 1 is 1.19 bits per heavy atom. The van der Waals surface area contributed by atoms with Crippen molar-refractivity contribution in [1.82, 2.24) is 0 Å². The second-order valence-corrected chi connectivity index (χ2v) is 3.89. The first kappa shape index (κ1) is 10.6. The summed E-state index contributed by atoms with van der Waals surface area (Å²) in [5.41, 5.74) is 3.20. The van der Waals surface area contributed by atoms with Crippen LogP contribution >= 0.6 is 0 Å². The van der Waals surface area contributed by atoms with Crippen LogP contribution in [-0.4, -0.2) is 19.2 Å². The van der Waals surface area contributed by atoms with Gasteiger partial charge in [-0.2, -0.15) is 0 Å². The van der Waals surface area contributed by atoms with E-state index in [2.05, 4.69) is 6.07 Å². The van der Waals surface area contributed by atoms with Gasteiger partial charge in [0.15, 0.2) is 0 Å². The van der Waals surface area contributed by atoms with E-state index in [-0.39, 0.29) is 5.75 Å². The van der Waals surface area contributed by atoms with Gasteiger partial charge in [0.05, 0.1) is 0 Å². The van der Waals surface area contributed by atoms with Crippen LogP contribution in [0.25, 0.3) is 11.1 Å². The average molecular weight is 212 g/mol. The van der Waals surface area contributed by atoms with Gasteiger partial charge in [0.2, 0.25) is 0 Å². The topological polar surface area (TPSA) is 23.5 Å². The largest absolute Gasteiger partial charge is 0.508 e. The van der Waals surface area contributed by atoms with Crippen LogP contribution in [0, 0.1) is 6.07 Å². The molecule has 0 unspecified atom stereocenters. The molecule has 0 aromatic heterocycles. The molecule has 0 saturated heterocycles. The van der Waals surface area contributed by atoms with E-state index in [0.717, 1.165) is 16.8 Å². The van der Waals surface area contributed by atoms with Crippen molar-refractivity contribution in [2.75, 3.05) is 19.0 Å². The number of aromatic hydroxyl groups is 1. The Morgan fingerprint density at radius 3 is 2.69 bits per heavy atom. The monoisotopic (exact) mass is 212 g/mol. The Morgan fingerprint density at radius 2 is 2.00 bits per heavy atom. The van der Waals surface area contributed by atoms with Gasteiger partial charge in [-0.15, -0.1) is 0 Å². The predicted molar refractivity (Wildman–Crippen MR) is 66.7 cm³/mol. The van der Waals surface area contributed by atoms with Gasteiger partial charge in [-0.05, 0) is 29.8 Å². The molecule has 0 atom stereocenters. The number of hydrogen-bond donors (Lipinski definition) is 1. The summed E-state index contributed by atoms with van der Waals surface area (Å²) in [5, 5.41) is 9.48. The predicted octanol–water partition coefficient (Wildman–Crippen LogP) is 2.93. The summed E-state index contributed by atoms with van der Waals surface area (Å²) in [6.45, 7) is 0. The normalized spacial score (nSPS) is 10.1. The maximum Gasteiger partial charge on any atom is 0.116 e. The zero-order valence-corrected chi connectivity index (χ0v) is 9.44. The Labute approximate surface area is 95.8 Å². The van der Waals surface area contributed by atoms with Gasteiger partial charge in [-0.1, -0.05) is 24.3 Å². The molecule has 0 fully saturated rings. The van der Waals surface area contributed by atoms with Gasteiger partial charge in [-0.3, -0.25) is 0 Å². The molecule has 2 heteroatoms. The molecular weight excluding hydrogens is 198 g/mol. The van der Waals surface area contributed by atoms with Gasteiger partial charge < -0.3 is 10.0 Å². The fourth-order valence-electron chi connectivity index (χ4n) is 1.71. The summed E-state index contributed by atoms with van der Waals surface area (Å²) >= 11 is 0. The van der Waals surface area contributed by atoms with Crippen LogP contribution in [0.2, 0.25) is 0 Å². The van der Waals surface area contributed by atoms with E-state index in [1.807, 2.05) is 49.3 Å². The molecule has 0 aliphatic rings. The number of anilines is 1. The van der Waals surface area contributed by atoms with Crippen molar-refractivity contribution in [3.63, 3.8) is 0 Å². The maximum atomic E-state index is 9.48. The molecule has 0 spiro atoms. The lowest BCUT2D eigenvalue weighted by molar-refractivity contribution is 0.475. The molecule has 2 aromatic carbocycles. The highest BCUT2D eigenvalue weighted by molar-refractivity contribution is 5.78. The minimum atomic E-state index is 0.287. The summed E-state index contributed by atoms with van der Waals surface area (Å²) < 4.78 is 0. The minimum Gasteiger partial charge on any atom is -0.508 e. The van der Waals surface area contributed by atoms with Gasteiger partial charge >= 0.3 is 0 Å². The Balaban J connectivity index is 2.55. The Bertz CT molecular complexity index is 492. The summed E-state index contributed by atoms with van der Waals surface area (Å²) in [6.07, 6.45) is 0. The molecule has 0 amide bonds. The Kier molecular flexibility index (Phi) is 2.82. The molecule has 0 aliphatic heterocycles. The van der Waals surface area contributed by atoms with Gasteiger partial charge in [0, 0.05) is 25.3 Å². The van der Waals surface area contributed by atoms with E-state index in [1.165, 1.54) is 0 Å². The van der Waals surface area contributed by atoms with Crippen molar-refractivity contribution in [2.45, 2.75) is 0 Å². The van der Waals surface area contributed by atoms with Crippen LogP contribution in [0.15, 0.2) is 42.5 Å². The maximum absolute atomic E-state index is 9.48. The third-order valence-electron chi connectivity index (χ3n) is 2.48. The molecule has 2 nitrogen and oxygen atoms in total. The molecule has 0 bridgehead atoms. The molecule has 81 valence electrons. The lowest BCUT2D eigenvalue weighted by Gasteiger charge is -2.17. The van der Waals surface area contributed by atoms with Crippen LogP contribution in [-0.2, 0) is 0 Å². The van der Waals surface area contributed by atoms with Crippen molar-refractivity contribution in [3.05, 3.63) is 48.5 Å². The van der Waals surface area contributed by atoms with Crippen molar-refractivity contribution in [1.29, 1.82) is 0 Å². The zero-order chi connectivity index (χ0) is 11.5. The van der Waals surface area contributed by atoms with Crippen LogP contribution in [0.4, 0.5) is 5.69 Å². The number of hydrogen-bond acceptors (Lipinski definition) is 2. The quantitative estimate of drug-likeness (QED) is 0.827. The standard InChI is InChI=1S/C14H14NO/c1-15(2)14-9-4-3-8-13(14)11-6-5-7-12(16)10-11/h3,5-10,16H,1-2H3. The van der Waals surface area contributed by atoms with Crippen molar-refractivity contribution in [2.24, 2.45) is 0 Å². The summed E-state index contributed by atoms with van der Waals surface area (Å²) in [5.74, 6) is 0.287. The van der Waals surface area contributed by atoms with Gasteiger partial charge in [0.25, 0.3) is 0 Å².